The van der Waals surface area contributed by atoms with E-state index in [1.165, 1.54) is 12.1 Å². The molecule has 0 radical (unpaired) electrons. The van der Waals surface area contributed by atoms with Crippen LogP contribution in [0.5, 0.6) is 0 Å². The van der Waals surface area contributed by atoms with Crippen molar-refractivity contribution in [3.8, 4) is 0 Å². The van der Waals surface area contributed by atoms with Crippen molar-refractivity contribution in [3.63, 3.8) is 0 Å². The SMILES string of the molecule is CCOC(=O)c1cc(N=C(N)N=C(N)N)ccc1F. The van der Waals surface area contributed by atoms with E-state index < -0.39 is 11.8 Å². The zero-order chi connectivity index (χ0) is 14.4. The quantitative estimate of drug-likeness (QED) is 0.410. The van der Waals surface area contributed by atoms with E-state index in [-0.39, 0.29) is 29.8 Å². The first kappa shape index (κ1) is 14.4. The van der Waals surface area contributed by atoms with Gasteiger partial charge < -0.3 is 21.9 Å². The number of ether oxygens (including phenoxy) is 1. The topological polar surface area (TPSA) is 129 Å². The Morgan fingerprint density at radius 3 is 2.63 bits per heavy atom. The lowest BCUT2D eigenvalue weighted by molar-refractivity contribution is 0.0521. The van der Waals surface area contributed by atoms with Gasteiger partial charge in [0.25, 0.3) is 0 Å². The summed E-state index contributed by atoms with van der Waals surface area (Å²) >= 11 is 0. The molecule has 0 aliphatic rings. The van der Waals surface area contributed by atoms with Crippen molar-refractivity contribution in [1.29, 1.82) is 0 Å². The summed E-state index contributed by atoms with van der Waals surface area (Å²) in [6.45, 7) is 1.76. The summed E-state index contributed by atoms with van der Waals surface area (Å²) in [4.78, 5) is 18.8. The minimum Gasteiger partial charge on any atom is -0.462 e. The zero-order valence-electron chi connectivity index (χ0n) is 10.3. The summed E-state index contributed by atoms with van der Waals surface area (Å²) in [7, 11) is 0. The van der Waals surface area contributed by atoms with E-state index in [9.17, 15) is 9.18 Å². The molecule has 1 aromatic carbocycles. The van der Waals surface area contributed by atoms with Crippen LogP contribution in [0.4, 0.5) is 10.1 Å². The van der Waals surface area contributed by atoms with E-state index in [4.69, 9.17) is 21.9 Å². The summed E-state index contributed by atoms with van der Waals surface area (Å²) in [6, 6.07) is 3.60. The number of esters is 1. The Morgan fingerprint density at radius 1 is 1.37 bits per heavy atom. The van der Waals surface area contributed by atoms with Crippen LogP contribution in [0.2, 0.25) is 0 Å². The predicted octanol–water partition coefficient (Wildman–Crippen LogP) is 0.222. The molecule has 0 heterocycles. The average Bonchev–Trinajstić information content (AvgIpc) is 2.30. The number of hydrogen-bond acceptors (Lipinski definition) is 3. The highest BCUT2D eigenvalue weighted by atomic mass is 19.1. The van der Waals surface area contributed by atoms with E-state index in [0.29, 0.717) is 0 Å². The van der Waals surface area contributed by atoms with Crippen LogP contribution in [0.1, 0.15) is 17.3 Å². The van der Waals surface area contributed by atoms with Gasteiger partial charge in [-0.1, -0.05) is 0 Å². The van der Waals surface area contributed by atoms with Crippen molar-refractivity contribution in [2.75, 3.05) is 6.61 Å². The first-order valence-corrected chi connectivity index (χ1v) is 5.34. The van der Waals surface area contributed by atoms with Crippen LogP contribution in [0.25, 0.3) is 0 Å². The average molecular weight is 267 g/mol. The highest BCUT2D eigenvalue weighted by Crippen LogP contribution is 2.18. The summed E-state index contributed by atoms with van der Waals surface area (Å²) in [5.41, 5.74) is 15.7. The summed E-state index contributed by atoms with van der Waals surface area (Å²) in [6.07, 6.45) is 0. The minimum absolute atomic E-state index is 0.141. The predicted molar refractivity (Wildman–Crippen MR) is 69.4 cm³/mol. The molecule has 0 unspecified atom stereocenters. The summed E-state index contributed by atoms with van der Waals surface area (Å²) in [5.74, 6) is -1.95. The Hall–Kier alpha value is -2.64. The third kappa shape index (κ3) is 4.26. The Balaban J connectivity index is 3.09. The van der Waals surface area contributed by atoms with Crippen molar-refractivity contribution in [3.05, 3.63) is 29.6 Å². The number of carbonyl (C=O) groups excluding carboxylic acids is 1. The van der Waals surface area contributed by atoms with Crippen molar-refractivity contribution < 1.29 is 13.9 Å². The van der Waals surface area contributed by atoms with Gasteiger partial charge in [-0.05, 0) is 25.1 Å². The molecule has 0 spiro atoms. The van der Waals surface area contributed by atoms with Crippen molar-refractivity contribution in [1.82, 2.24) is 0 Å². The van der Waals surface area contributed by atoms with Crippen molar-refractivity contribution in [2.45, 2.75) is 6.92 Å². The Morgan fingerprint density at radius 2 is 2.05 bits per heavy atom. The second kappa shape index (κ2) is 6.34. The van der Waals surface area contributed by atoms with Gasteiger partial charge in [-0.15, -0.1) is 0 Å². The largest absolute Gasteiger partial charge is 0.462 e. The fraction of sp³-hybridized carbons (Fsp3) is 0.182. The maximum Gasteiger partial charge on any atom is 0.341 e. The third-order valence-corrected chi connectivity index (χ3v) is 1.93. The molecular formula is C11H14FN5O2. The molecule has 0 atom stereocenters. The number of rotatable bonds is 3. The van der Waals surface area contributed by atoms with Gasteiger partial charge in [-0.3, -0.25) is 0 Å². The second-order valence-corrected chi connectivity index (χ2v) is 3.39. The molecule has 19 heavy (non-hydrogen) atoms. The van der Waals surface area contributed by atoms with E-state index in [1.807, 2.05) is 0 Å². The minimum atomic E-state index is -0.780. The van der Waals surface area contributed by atoms with Crippen molar-refractivity contribution >= 4 is 23.6 Å². The molecule has 8 heteroatoms. The van der Waals surface area contributed by atoms with Crippen LogP contribution in [0.3, 0.4) is 0 Å². The molecule has 7 nitrogen and oxygen atoms in total. The van der Waals surface area contributed by atoms with E-state index in [2.05, 4.69) is 9.98 Å². The second-order valence-electron chi connectivity index (χ2n) is 3.39. The fourth-order valence-corrected chi connectivity index (χ4v) is 1.24. The molecule has 0 bridgehead atoms. The van der Waals surface area contributed by atoms with E-state index in [0.717, 1.165) is 6.07 Å². The highest BCUT2D eigenvalue weighted by Gasteiger charge is 2.13. The van der Waals surface area contributed by atoms with Gasteiger partial charge >= 0.3 is 5.97 Å². The highest BCUT2D eigenvalue weighted by molar-refractivity contribution is 5.94. The molecule has 1 rings (SSSR count). The maximum absolute atomic E-state index is 13.4. The number of benzene rings is 1. The smallest absolute Gasteiger partial charge is 0.341 e. The lowest BCUT2D eigenvalue weighted by Gasteiger charge is -2.04. The van der Waals surface area contributed by atoms with E-state index >= 15 is 0 Å². The molecule has 0 saturated carbocycles. The standard InChI is InChI=1S/C11H14FN5O2/c1-2-19-9(18)7-5-6(3-4-8(7)12)16-11(15)17-10(13)14/h3-5H,2H2,1H3,(H6,13,14,15,16,17). The molecule has 6 N–H and O–H groups in total. The zero-order valence-corrected chi connectivity index (χ0v) is 10.3. The third-order valence-electron chi connectivity index (χ3n) is 1.93. The molecular weight excluding hydrogens is 253 g/mol. The molecule has 1 aromatic rings. The Labute approximate surface area is 109 Å². The van der Waals surface area contributed by atoms with E-state index in [1.54, 1.807) is 6.92 Å². The van der Waals surface area contributed by atoms with Gasteiger partial charge in [-0.25, -0.2) is 14.2 Å². The molecule has 0 amide bonds. The molecule has 0 saturated heterocycles. The molecule has 0 fully saturated rings. The van der Waals surface area contributed by atoms with Gasteiger partial charge in [0.2, 0.25) is 5.96 Å². The number of guanidine groups is 2. The van der Waals surface area contributed by atoms with Crippen LogP contribution in [0, 0.1) is 5.82 Å². The number of nitrogens with zero attached hydrogens (tertiary/aromatic N) is 2. The number of halogens is 1. The number of hydrogen-bond donors (Lipinski definition) is 3. The first-order chi connectivity index (χ1) is 8.93. The first-order valence-electron chi connectivity index (χ1n) is 5.34. The van der Waals surface area contributed by atoms with Crippen LogP contribution in [-0.4, -0.2) is 24.5 Å². The van der Waals surface area contributed by atoms with Crippen molar-refractivity contribution in [2.24, 2.45) is 27.2 Å². The van der Waals surface area contributed by atoms with Crippen LogP contribution in [-0.2, 0) is 4.74 Å². The monoisotopic (exact) mass is 267 g/mol. The molecule has 102 valence electrons. The Bertz CT molecular complexity index is 538. The number of nitrogens with two attached hydrogens (primary N) is 3. The molecule has 0 aliphatic carbocycles. The number of carbonyl (C=O) groups is 1. The normalized spacial score (nSPS) is 10.9. The van der Waals surface area contributed by atoms with Gasteiger partial charge in [0.1, 0.15) is 5.82 Å². The van der Waals surface area contributed by atoms with Crippen LogP contribution < -0.4 is 17.2 Å². The summed E-state index contributed by atoms with van der Waals surface area (Å²) in [5, 5.41) is 0. The van der Waals surface area contributed by atoms with Gasteiger partial charge in [0.05, 0.1) is 17.9 Å². The lowest BCUT2D eigenvalue weighted by atomic mass is 10.2. The van der Waals surface area contributed by atoms with Gasteiger partial charge in [0, 0.05) is 0 Å². The van der Waals surface area contributed by atoms with Crippen LogP contribution >= 0.6 is 0 Å². The maximum atomic E-state index is 13.4. The van der Waals surface area contributed by atoms with Gasteiger partial charge in [0.15, 0.2) is 5.96 Å². The van der Waals surface area contributed by atoms with Crippen LogP contribution in [0.15, 0.2) is 28.2 Å². The fourth-order valence-electron chi connectivity index (χ4n) is 1.24. The lowest BCUT2D eigenvalue weighted by Crippen LogP contribution is -2.26. The molecule has 0 aromatic heterocycles. The molecule has 0 aliphatic heterocycles. The van der Waals surface area contributed by atoms with Gasteiger partial charge in [-0.2, -0.15) is 4.99 Å². The number of aliphatic imine (C=N–C) groups is 2. The Kier molecular flexibility index (Phi) is 4.81. The summed E-state index contributed by atoms with van der Waals surface area (Å²) < 4.78 is 18.1.